The van der Waals surface area contributed by atoms with Crippen LogP contribution in [0.3, 0.4) is 0 Å². The fourth-order valence-corrected chi connectivity index (χ4v) is 4.70. The topological polar surface area (TPSA) is 133 Å². The Hall–Kier alpha value is -4.16. The first-order chi connectivity index (χ1) is 18.3. The van der Waals surface area contributed by atoms with Crippen molar-refractivity contribution in [3.63, 3.8) is 0 Å². The third kappa shape index (κ3) is 5.71. The van der Waals surface area contributed by atoms with E-state index in [4.69, 9.17) is 4.74 Å². The van der Waals surface area contributed by atoms with Crippen molar-refractivity contribution in [1.82, 2.24) is 19.9 Å². The highest BCUT2D eigenvalue weighted by Crippen LogP contribution is 2.32. The quantitative estimate of drug-likeness (QED) is 0.313. The smallest absolute Gasteiger partial charge is 0.232 e. The molecule has 1 saturated heterocycles. The zero-order chi connectivity index (χ0) is 26.7. The Morgan fingerprint density at radius 1 is 1.05 bits per heavy atom. The molecule has 1 aliphatic rings. The number of carbonyl (C=O) groups is 1. The zero-order valence-electron chi connectivity index (χ0n) is 21.1. The van der Waals surface area contributed by atoms with Crippen LogP contribution in [0.1, 0.15) is 5.56 Å². The molecule has 11 nitrogen and oxygen atoms in total. The minimum Gasteiger partial charge on any atom is -0.378 e. The zero-order valence-corrected chi connectivity index (χ0v) is 22.0. The van der Waals surface area contributed by atoms with Crippen LogP contribution in [-0.4, -0.2) is 73.8 Å². The van der Waals surface area contributed by atoms with Crippen LogP contribution in [-0.2, 0) is 26.0 Å². The minimum atomic E-state index is -3.46. The summed E-state index contributed by atoms with van der Waals surface area (Å²) >= 11 is 0. The molecule has 38 heavy (non-hydrogen) atoms. The maximum atomic E-state index is 12.5. The molecule has 4 aromatic rings. The Kier molecular flexibility index (Phi) is 7.16. The van der Waals surface area contributed by atoms with E-state index in [-0.39, 0.29) is 5.91 Å². The standard InChI is InChI=1S/C26H29N7O4S/c1-32(38(2,35)36)22-6-4-3-5-21(22)29-25-20-11-12-27-24(20)30-26(31-25)28-19-9-7-18(8-10-19)17-23(34)33-13-15-37-16-14-33/h3-12H,13-17H2,1-2H3,(H3,27,28,29,30,31). The van der Waals surface area contributed by atoms with Crippen molar-refractivity contribution in [1.29, 1.82) is 0 Å². The number of ether oxygens (including phenoxy) is 1. The molecule has 0 bridgehead atoms. The molecule has 1 aliphatic heterocycles. The van der Waals surface area contributed by atoms with Gasteiger partial charge in [0.05, 0.1) is 42.7 Å². The van der Waals surface area contributed by atoms with E-state index in [1.165, 1.54) is 11.4 Å². The number of morpholine rings is 1. The summed E-state index contributed by atoms with van der Waals surface area (Å²) in [7, 11) is -1.95. The molecule has 198 valence electrons. The van der Waals surface area contributed by atoms with Crippen LogP contribution >= 0.6 is 0 Å². The van der Waals surface area contributed by atoms with Crippen LogP contribution in [0.5, 0.6) is 0 Å². The van der Waals surface area contributed by atoms with Crippen molar-refractivity contribution >= 4 is 55.8 Å². The number of H-pyrrole nitrogens is 1. The number of anilines is 5. The number of nitrogens with zero attached hydrogens (tertiary/aromatic N) is 4. The molecule has 2 aromatic carbocycles. The van der Waals surface area contributed by atoms with Gasteiger partial charge in [-0.15, -0.1) is 0 Å². The Labute approximate surface area is 220 Å². The second kappa shape index (κ2) is 10.7. The van der Waals surface area contributed by atoms with Crippen LogP contribution in [0.2, 0.25) is 0 Å². The van der Waals surface area contributed by atoms with Gasteiger partial charge in [-0.1, -0.05) is 24.3 Å². The van der Waals surface area contributed by atoms with Crippen molar-refractivity contribution in [3.05, 3.63) is 66.4 Å². The van der Waals surface area contributed by atoms with E-state index < -0.39 is 10.0 Å². The number of sulfonamides is 1. The summed E-state index contributed by atoms with van der Waals surface area (Å²) < 4.78 is 30.9. The minimum absolute atomic E-state index is 0.0899. The number of aromatic amines is 1. The third-order valence-electron chi connectivity index (χ3n) is 6.34. The molecule has 0 atom stereocenters. The van der Waals surface area contributed by atoms with E-state index in [2.05, 4.69) is 25.6 Å². The Balaban J connectivity index is 1.35. The van der Waals surface area contributed by atoms with Gasteiger partial charge in [0.1, 0.15) is 11.5 Å². The van der Waals surface area contributed by atoms with Crippen molar-refractivity contribution in [2.45, 2.75) is 6.42 Å². The molecule has 0 spiro atoms. The SMILES string of the molecule is CN(c1ccccc1Nc1nc(Nc2ccc(CC(=O)N3CCOCC3)cc2)nc2[nH]ccc12)S(C)(=O)=O. The van der Waals surface area contributed by atoms with Crippen molar-refractivity contribution in [3.8, 4) is 0 Å². The average Bonchev–Trinajstić information content (AvgIpc) is 3.39. The van der Waals surface area contributed by atoms with Gasteiger partial charge in [0.15, 0.2) is 0 Å². The molecular weight excluding hydrogens is 506 g/mol. The van der Waals surface area contributed by atoms with Gasteiger partial charge in [-0.3, -0.25) is 9.10 Å². The van der Waals surface area contributed by atoms with E-state index in [0.717, 1.165) is 22.9 Å². The van der Waals surface area contributed by atoms with Gasteiger partial charge in [-0.05, 0) is 35.9 Å². The maximum Gasteiger partial charge on any atom is 0.232 e. The fraction of sp³-hybridized carbons (Fsp3) is 0.269. The fourth-order valence-electron chi connectivity index (χ4n) is 4.19. The predicted molar refractivity (Wildman–Crippen MR) is 148 cm³/mol. The van der Waals surface area contributed by atoms with Crippen molar-refractivity contribution in [2.75, 3.05) is 54.5 Å². The predicted octanol–water partition coefficient (Wildman–Crippen LogP) is 3.24. The Morgan fingerprint density at radius 3 is 2.53 bits per heavy atom. The molecule has 0 unspecified atom stereocenters. The largest absolute Gasteiger partial charge is 0.378 e. The van der Waals surface area contributed by atoms with E-state index in [0.29, 0.717) is 61.5 Å². The Bertz CT molecular complexity index is 1550. The lowest BCUT2D eigenvalue weighted by Gasteiger charge is -2.26. The first-order valence-electron chi connectivity index (χ1n) is 12.1. The molecule has 3 N–H and O–H groups in total. The first-order valence-corrected chi connectivity index (χ1v) is 14.0. The molecule has 0 radical (unpaired) electrons. The second-order valence-corrected chi connectivity index (χ2v) is 11.0. The Morgan fingerprint density at radius 2 is 1.79 bits per heavy atom. The van der Waals surface area contributed by atoms with Gasteiger partial charge in [0.25, 0.3) is 0 Å². The third-order valence-corrected chi connectivity index (χ3v) is 7.53. The lowest BCUT2D eigenvalue weighted by atomic mass is 10.1. The molecule has 0 aliphatic carbocycles. The summed E-state index contributed by atoms with van der Waals surface area (Å²) in [6.45, 7) is 2.41. The molecular formula is C26H29N7O4S. The highest BCUT2D eigenvalue weighted by atomic mass is 32.2. The van der Waals surface area contributed by atoms with E-state index in [1.54, 1.807) is 24.4 Å². The number of hydrogen-bond donors (Lipinski definition) is 3. The summed E-state index contributed by atoms with van der Waals surface area (Å²) in [6.07, 6.45) is 3.26. The van der Waals surface area contributed by atoms with Gasteiger partial charge in [-0.2, -0.15) is 9.97 Å². The van der Waals surface area contributed by atoms with Crippen LogP contribution in [0.25, 0.3) is 11.0 Å². The lowest BCUT2D eigenvalue weighted by molar-refractivity contribution is -0.134. The van der Waals surface area contributed by atoms with E-state index in [1.807, 2.05) is 41.3 Å². The summed E-state index contributed by atoms with van der Waals surface area (Å²) in [5.41, 5.74) is 3.38. The molecule has 0 saturated carbocycles. The molecule has 1 fully saturated rings. The molecule has 3 heterocycles. The number of benzene rings is 2. The lowest BCUT2D eigenvalue weighted by Crippen LogP contribution is -2.41. The molecule has 5 rings (SSSR count). The number of para-hydroxylation sites is 2. The van der Waals surface area contributed by atoms with Gasteiger partial charge in [-0.25, -0.2) is 8.42 Å². The van der Waals surface area contributed by atoms with E-state index >= 15 is 0 Å². The average molecular weight is 536 g/mol. The van der Waals surface area contributed by atoms with Crippen LogP contribution < -0.4 is 14.9 Å². The van der Waals surface area contributed by atoms with Crippen LogP contribution in [0, 0.1) is 0 Å². The monoisotopic (exact) mass is 535 g/mol. The van der Waals surface area contributed by atoms with Crippen LogP contribution in [0.4, 0.5) is 28.8 Å². The first kappa shape index (κ1) is 25.5. The van der Waals surface area contributed by atoms with E-state index in [9.17, 15) is 13.2 Å². The van der Waals surface area contributed by atoms with Gasteiger partial charge >= 0.3 is 0 Å². The summed E-state index contributed by atoms with van der Waals surface area (Å²) in [6, 6.07) is 16.5. The number of carbonyl (C=O) groups excluding carboxylic acids is 1. The summed E-state index contributed by atoms with van der Waals surface area (Å²) in [5, 5.41) is 7.25. The number of fused-ring (bicyclic) bond motifs is 1. The number of hydrogen-bond acceptors (Lipinski definition) is 8. The summed E-state index contributed by atoms with van der Waals surface area (Å²) in [5.74, 6) is 0.960. The van der Waals surface area contributed by atoms with Gasteiger partial charge in [0, 0.05) is 32.0 Å². The number of nitrogens with one attached hydrogen (secondary N) is 3. The summed E-state index contributed by atoms with van der Waals surface area (Å²) in [4.78, 5) is 26.7. The highest BCUT2D eigenvalue weighted by Gasteiger charge is 2.18. The molecule has 12 heteroatoms. The van der Waals surface area contributed by atoms with Crippen molar-refractivity contribution < 1.29 is 17.9 Å². The number of amides is 1. The molecule has 1 amide bonds. The normalized spacial score (nSPS) is 13.9. The van der Waals surface area contributed by atoms with Gasteiger partial charge in [0.2, 0.25) is 21.9 Å². The number of rotatable bonds is 8. The number of aromatic nitrogens is 3. The second-order valence-electron chi connectivity index (χ2n) is 9.00. The highest BCUT2D eigenvalue weighted by molar-refractivity contribution is 7.92. The van der Waals surface area contributed by atoms with Gasteiger partial charge < -0.3 is 25.3 Å². The maximum absolute atomic E-state index is 12.5. The van der Waals surface area contributed by atoms with Crippen molar-refractivity contribution in [2.24, 2.45) is 0 Å². The molecule has 2 aromatic heterocycles. The van der Waals surface area contributed by atoms with Crippen LogP contribution in [0.15, 0.2) is 60.8 Å².